The molecule has 1 unspecified atom stereocenters. The SMILES string of the molecule is CCCNCCOc1ccc(N(C)C(=O)N(C)c2ccc(CC(NC(=O)c3c(O)cccc3Cl)C(=O)OC(C)C)cc2)c(C=O)c1. The van der Waals surface area contributed by atoms with E-state index in [0.717, 1.165) is 13.0 Å². The molecular formula is C34H41ClN4O7. The standard InChI is InChI=1S/C34H41ClN4O7/c1-6-16-36-17-18-45-26-14-15-29(24(20-26)21-40)39(5)34(44)38(4)25-12-10-23(11-13-25)19-28(33(43)46-22(2)3)37-32(42)31-27(35)8-7-9-30(31)41/h7-15,20-22,28,36,41H,6,16-19H2,1-5H3,(H,37,42). The molecule has 3 amide bonds. The molecule has 1 atom stereocenters. The topological polar surface area (TPSA) is 138 Å². The third kappa shape index (κ3) is 9.69. The maximum absolute atomic E-state index is 13.4. The summed E-state index contributed by atoms with van der Waals surface area (Å²) >= 11 is 6.12. The van der Waals surface area contributed by atoms with Crippen LogP contribution in [0.3, 0.4) is 0 Å². The van der Waals surface area contributed by atoms with Crippen LogP contribution in [0.15, 0.2) is 60.7 Å². The summed E-state index contributed by atoms with van der Waals surface area (Å²) in [4.78, 5) is 54.0. The average Bonchev–Trinajstić information content (AvgIpc) is 3.03. The van der Waals surface area contributed by atoms with E-state index < -0.39 is 30.1 Å². The van der Waals surface area contributed by atoms with Crippen LogP contribution in [0.5, 0.6) is 11.5 Å². The molecule has 0 aliphatic carbocycles. The van der Waals surface area contributed by atoms with Gasteiger partial charge in [-0.25, -0.2) is 9.59 Å². The van der Waals surface area contributed by atoms with E-state index in [2.05, 4.69) is 17.6 Å². The Morgan fingerprint density at radius 3 is 2.35 bits per heavy atom. The summed E-state index contributed by atoms with van der Waals surface area (Å²) in [6.45, 7) is 7.50. The molecule has 246 valence electrons. The van der Waals surface area contributed by atoms with Crippen molar-refractivity contribution in [1.82, 2.24) is 10.6 Å². The number of carbonyl (C=O) groups is 4. The van der Waals surface area contributed by atoms with Gasteiger partial charge in [0, 0.05) is 38.3 Å². The van der Waals surface area contributed by atoms with Crippen molar-refractivity contribution in [3.63, 3.8) is 0 Å². The molecule has 0 saturated carbocycles. The first-order chi connectivity index (χ1) is 22.0. The molecule has 0 aromatic heterocycles. The monoisotopic (exact) mass is 652 g/mol. The van der Waals surface area contributed by atoms with Crippen LogP contribution in [0.25, 0.3) is 0 Å². The van der Waals surface area contributed by atoms with Gasteiger partial charge in [0.25, 0.3) is 5.91 Å². The van der Waals surface area contributed by atoms with Crippen LogP contribution < -0.4 is 25.2 Å². The Bertz CT molecular complexity index is 1490. The van der Waals surface area contributed by atoms with Gasteiger partial charge in [0.15, 0.2) is 6.29 Å². The summed E-state index contributed by atoms with van der Waals surface area (Å²) in [5.41, 5.74) is 1.82. The summed E-state index contributed by atoms with van der Waals surface area (Å²) in [6.07, 6.45) is 1.36. The summed E-state index contributed by atoms with van der Waals surface area (Å²) < 4.78 is 11.1. The van der Waals surface area contributed by atoms with Crippen LogP contribution >= 0.6 is 11.6 Å². The molecular weight excluding hydrogens is 612 g/mol. The van der Waals surface area contributed by atoms with Gasteiger partial charge >= 0.3 is 12.0 Å². The molecule has 0 saturated heterocycles. The van der Waals surface area contributed by atoms with Crippen LogP contribution in [-0.4, -0.2) is 75.2 Å². The maximum Gasteiger partial charge on any atom is 0.329 e. The lowest BCUT2D eigenvalue weighted by Gasteiger charge is -2.26. The van der Waals surface area contributed by atoms with Crippen molar-refractivity contribution in [3.8, 4) is 11.5 Å². The number of nitrogens with one attached hydrogen (secondary N) is 2. The number of hydrogen-bond donors (Lipinski definition) is 3. The van der Waals surface area contributed by atoms with Gasteiger partial charge in [0.2, 0.25) is 0 Å². The Balaban J connectivity index is 1.72. The molecule has 11 nitrogen and oxygen atoms in total. The highest BCUT2D eigenvalue weighted by Crippen LogP contribution is 2.27. The summed E-state index contributed by atoms with van der Waals surface area (Å²) in [6, 6.07) is 14.7. The Kier molecular flexibility index (Phi) is 13.4. The van der Waals surface area contributed by atoms with Crippen molar-refractivity contribution in [1.29, 1.82) is 0 Å². The average molecular weight is 653 g/mol. The molecule has 12 heteroatoms. The number of aldehydes is 1. The maximum atomic E-state index is 13.4. The number of amides is 3. The Morgan fingerprint density at radius 2 is 1.72 bits per heavy atom. The molecule has 3 aromatic rings. The van der Waals surface area contributed by atoms with Crippen LogP contribution in [-0.2, 0) is 16.0 Å². The summed E-state index contributed by atoms with van der Waals surface area (Å²) in [5, 5.41) is 16.1. The Morgan fingerprint density at radius 1 is 1.00 bits per heavy atom. The number of aromatic hydroxyl groups is 1. The molecule has 46 heavy (non-hydrogen) atoms. The summed E-state index contributed by atoms with van der Waals surface area (Å²) in [5.74, 6) is -1.16. The van der Waals surface area contributed by atoms with E-state index in [1.54, 1.807) is 70.4 Å². The number of nitrogens with zero attached hydrogens (tertiary/aromatic N) is 2. The highest BCUT2D eigenvalue weighted by molar-refractivity contribution is 6.34. The zero-order chi connectivity index (χ0) is 33.8. The number of ether oxygens (including phenoxy) is 2. The van der Waals surface area contributed by atoms with Gasteiger partial charge in [0.05, 0.1) is 22.4 Å². The van der Waals surface area contributed by atoms with Crippen LogP contribution in [0.4, 0.5) is 16.2 Å². The fourth-order valence-corrected chi connectivity index (χ4v) is 4.83. The van der Waals surface area contributed by atoms with Gasteiger partial charge in [-0.05, 0) is 74.8 Å². The second-order valence-corrected chi connectivity index (χ2v) is 11.3. The van der Waals surface area contributed by atoms with E-state index in [1.165, 1.54) is 28.0 Å². The molecule has 3 rings (SSSR count). The Labute approximate surface area is 274 Å². The smallest absolute Gasteiger partial charge is 0.329 e. The second kappa shape index (κ2) is 17.2. The van der Waals surface area contributed by atoms with E-state index in [-0.39, 0.29) is 22.8 Å². The lowest BCUT2D eigenvalue weighted by molar-refractivity contribution is -0.149. The van der Waals surface area contributed by atoms with E-state index >= 15 is 0 Å². The van der Waals surface area contributed by atoms with Crippen molar-refractivity contribution >= 4 is 47.2 Å². The molecule has 0 bridgehead atoms. The van der Waals surface area contributed by atoms with Crippen LogP contribution in [0.2, 0.25) is 5.02 Å². The number of esters is 1. The minimum atomic E-state index is -1.08. The largest absolute Gasteiger partial charge is 0.507 e. The van der Waals surface area contributed by atoms with Gasteiger partial charge in [-0.1, -0.05) is 36.7 Å². The first kappa shape index (κ1) is 35.9. The number of carbonyl (C=O) groups excluding carboxylic acids is 4. The minimum absolute atomic E-state index is 0.0374. The normalized spacial score (nSPS) is 11.5. The van der Waals surface area contributed by atoms with E-state index in [0.29, 0.717) is 47.7 Å². The zero-order valence-corrected chi connectivity index (χ0v) is 27.5. The number of anilines is 2. The first-order valence-corrected chi connectivity index (χ1v) is 15.4. The molecule has 0 radical (unpaired) electrons. The molecule has 0 fully saturated rings. The fraction of sp³-hybridized carbons (Fsp3) is 0.353. The van der Waals surface area contributed by atoms with Gasteiger partial charge in [0.1, 0.15) is 24.1 Å². The zero-order valence-electron chi connectivity index (χ0n) is 26.7. The lowest BCUT2D eigenvalue weighted by atomic mass is 10.0. The molecule has 0 spiro atoms. The van der Waals surface area contributed by atoms with Gasteiger partial charge < -0.3 is 25.2 Å². The van der Waals surface area contributed by atoms with E-state index in [4.69, 9.17) is 21.1 Å². The number of halogens is 1. The fourth-order valence-electron chi connectivity index (χ4n) is 4.57. The predicted molar refractivity (Wildman–Crippen MR) is 178 cm³/mol. The van der Waals surface area contributed by atoms with E-state index in [1.807, 2.05) is 0 Å². The first-order valence-electron chi connectivity index (χ1n) is 15.0. The van der Waals surface area contributed by atoms with Crippen molar-refractivity contribution in [2.75, 3.05) is 43.6 Å². The molecule has 0 aliphatic rings. The third-order valence-corrected chi connectivity index (χ3v) is 7.27. The number of phenols is 1. The molecule has 3 N–H and O–H groups in total. The third-order valence-electron chi connectivity index (χ3n) is 6.96. The van der Waals surface area contributed by atoms with Gasteiger partial charge in [-0.3, -0.25) is 19.4 Å². The number of rotatable bonds is 15. The number of hydrogen-bond acceptors (Lipinski definition) is 8. The highest BCUT2D eigenvalue weighted by atomic mass is 35.5. The van der Waals surface area contributed by atoms with E-state index in [9.17, 15) is 24.3 Å². The van der Waals surface area contributed by atoms with Crippen molar-refractivity contribution in [2.24, 2.45) is 0 Å². The van der Waals surface area contributed by atoms with Crippen molar-refractivity contribution < 1.29 is 33.8 Å². The number of urea groups is 1. The lowest BCUT2D eigenvalue weighted by Crippen LogP contribution is -2.44. The molecule has 0 aliphatic heterocycles. The molecule has 3 aromatic carbocycles. The van der Waals surface area contributed by atoms with Crippen LogP contribution in [0, 0.1) is 0 Å². The Hall–Kier alpha value is -4.61. The second-order valence-electron chi connectivity index (χ2n) is 10.9. The predicted octanol–water partition coefficient (Wildman–Crippen LogP) is 5.22. The summed E-state index contributed by atoms with van der Waals surface area (Å²) in [7, 11) is 3.18. The molecule has 0 heterocycles. The number of phenolic OH excluding ortho intramolecular Hbond substituents is 1. The minimum Gasteiger partial charge on any atom is -0.507 e. The van der Waals surface area contributed by atoms with Gasteiger partial charge in [-0.15, -0.1) is 0 Å². The highest BCUT2D eigenvalue weighted by Gasteiger charge is 2.27. The van der Waals surface area contributed by atoms with Crippen molar-refractivity contribution in [3.05, 3.63) is 82.4 Å². The number of benzene rings is 3. The van der Waals surface area contributed by atoms with Crippen LogP contribution in [0.1, 0.15) is 53.5 Å². The quantitative estimate of drug-likeness (QED) is 0.115. The van der Waals surface area contributed by atoms with Crippen molar-refractivity contribution in [2.45, 2.75) is 45.8 Å². The van der Waals surface area contributed by atoms with Gasteiger partial charge in [-0.2, -0.15) is 0 Å².